The van der Waals surface area contributed by atoms with E-state index in [0.29, 0.717) is 16.5 Å². The summed E-state index contributed by atoms with van der Waals surface area (Å²) in [6, 6.07) is 6.90. The van der Waals surface area contributed by atoms with Crippen LogP contribution in [0.15, 0.2) is 53.3 Å². The zero-order chi connectivity index (χ0) is 16.9. The number of furan rings is 1. The third kappa shape index (κ3) is 4.14. The summed E-state index contributed by atoms with van der Waals surface area (Å²) in [5.74, 6) is -0.996. The zero-order valence-electron chi connectivity index (χ0n) is 12.3. The standard InChI is InChI=1S/C17H12F2N2O2S/c18-12-4-3-11(15(19)9-12)8-14-10-20-17(24-14)21-16(22)6-5-13-2-1-7-23-13/h1-7,9-10H,8H2,(H,20,21,22)/b6-5+. The van der Waals surface area contributed by atoms with Crippen LogP contribution in [0, 0.1) is 11.6 Å². The molecule has 0 radical (unpaired) electrons. The van der Waals surface area contributed by atoms with Crippen LogP contribution < -0.4 is 5.32 Å². The molecule has 0 aliphatic heterocycles. The van der Waals surface area contributed by atoms with E-state index < -0.39 is 11.6 Å². The molecule has 1 N–H and O–H groups in total. The number of nitrogens with zero attached hydrogens (tertiary/aromatic N) is 1. The first-order valence-electron chi connectivity index (χ1n) is 7.01. The van der Waals surface area contributed by atoms with Crippen LogP contribution >= 0.6 is 11.3 Å². The number of thiazole rings is 1. The van der Waals surface area contributed by atoms with Crippen LogP contribution in [-0.2, 0) is 11.2 Å². The van der Waals surface area contributed by atoms with E-state index in [4.69, 9.17) is 4.42 Å². The van der Waals surface area contributed by atoms with Gasteiger partial charge in [0.1, 0.15) is 17.4 Å². The van der Waals surface area contributed by atoms with Crippen LogP contribution in [0.1, 0.15) is 16.2 Å². The molecule has 7 heteroatoms. The van der Waals surface area contributed by atoms with Gasteiger partial charge >= 0.3 is 0 Å². The van der Waals surface area contributed by atoms with Crippen LogP contribution in [0.5, 0.6) is 0 Å². The van der Waals surface area contributed by atoms with E-state index in [1.54, 1.807) is 18.3 Å². The predicted octanol–water partition coefficient (Wildman–Crippen LogP) is 4.26. The fraction of sp³-hybridized carbons (Fsp3) is 0.0588. The minimum atomic E-state index is -0.614. The average molecular weight is 346 g/mol. The van der Waals surface area contributed by atoms with Crippen molar-refractivity contribution in [3.8, 4) is 0 Å². The van der Waals surface area contributed by atoms with Gasteiger partial charge in [0, 0.05) is 29.6 Å². The van der Waals surface area contributed by atoms with Crippen LogP contribution in [0.2, 0.25) is 0 Å². The molecule has 0 saturated carbocycles. The molecule has 2 aromatic heterocycles. The minimum absolute atomic E-state index is 0.280. The third-order valence-corrected chi connectivity index (χ3v) is 4.02. The summed E-state index contributed by atoms with van der Waals surface area (Å²) in [4.78, 5) is 16.6. The predicted molar refractivity (Wildman–Crippen MR) is 87.6 cm³/mol. The summed E-state index contributed by atoms with van der Waals surface area (Å²) in [5.41, 5.74) is 0.371. The first-order valence-corrected chi connectivity index (χ1v) is 7.83. The van der Waals surface area contributed by atoms with Crippen molar-refractivity contribution in [2.24, 2.45) is 0 Å². The Hall–Kier alpha value is -2.80. The quantitative estimate of drug-likeness (QED) is 0.703. The highest BCUT2D eigenvalue weighted by Crippen LogP contribution is 2.22. The molecule has 0 aliphatic carbocycles. The van der Waals surface area contributed by atoms with E-state index in [1.165, 1.54) is 41.9 Å². The summed E-state index contributed by atoms with van der Waals surface area (Å²) in [6.45, 7) is 0. The summed E-state index contributed by atoms with van der Waals surface area (Å²) in [5, 5.41) is 3.02. The Kier molecular flexibility index (Phi) is 4.81. The maximum Gasteiger partial charge on any atom is 0.250 e. The topological polar surface area (TPSA) is 55.1 Å². The van der Waals surface area contributed by atoms with Crippen LogP contribution in [0.25, 0.3) is 6.08 Å². The maximum atomic E-state index is 13.6. The highest BCUT2D eigenvalue weighted by Gasteiger charge is 2.09. The molecule has 1 aromatic carbocycles. The van der Waals surface area contributed by atoms with Crippen molar-refractivity contribution in [1.29, 1.82) is 0 Å². The number of amides is 1. The van der Waals surface area contributed by atoms with Gasteiger partial charge in [-0.2, -0.15) is 0 Å². The summed E-state index contributed by atoms with van der Waals surface area (Å²) in [7, 11) is 0. The van der Waals surface area contributed by atoms with Crippen LogP contribution in [0.4, 0.5) is 13.9 Å². The molecule has 2 heterocycles. The van der Waals surface area contributed by atoms with E-state index in [-0.39, 0.29) is 12.3 Å². The molecule has 3 aromatic rings. The highest BCUT2D eigenvalue weighted by molar-refractivity contribution is 7.15. The van der Waals surface area contributed by atoms with Gasteiger partial charge in [-0.1, -0.05) is 6.07 Å². The van der Waals surface area contributed by atoms with E-state index in [9.17, 15) is 13.6 Å². The first-order chi connectivity index (χ1) is 11.6. The van der Waals surface area contributed by atoms with Gasteiger partial charge in [-0.05, 0) is 29.8 Å². The van der Waals surface area contributed by atoms with Crippen molar-refractivity contribution in [3.63, 3.8) is 0 Å². The van der Waals surface area contributed by atoms with Gasteiger partial charge in [0.05, 0.1) is 6.26 Å². The highest BCUT2D eigenvalue weighted by atomic mass is 32.1. The van der Waals surface area contributed by atoms with E-state index in [0.717, 1.165) is 10.9 Å². The second kappa shape index (κ2) is 7.18. The zero-order valence-corrected chi connectivity index (χ0v) is 13.1. The van der Waals surface area contributed by atoms with Crippen LogP contribution in [0.3, 0.4) is 0 Å². The number of hydrogen-bond acceptors (Lipinski definition) is 4. The number of aromatic nitrogens is 1. The maximum absolute atomic E-state index is 13.6. The van der Waals surface area contributed by atoms with Gasteiger partial charge in [0.15, 0.2) is 5.13 Å². The van der Waals surface area contributed by atoms with Crippen molar-refractivity contribution >= 4 is 28.5 Å². The van der Waals surface area contributed by atoms with Gasteiger partial charge in [0.2, 0.25) is 5.91 Å². The molecule has 0 fully saturated rings. The molecule has 0 bridgehead atoms. The van der Waals surface area contributed by atoms with Crippen molar-refractivity contribution in [3.05, 3.63) is 76.7 Å². The molecular formula is C17H12F2N2O2S. The lowest BCUT2D eigenvalue weighted by molar-refractivity contribution is -0.111. The fourth-order valence-corrected chi connectivity index (χ4v) is 2.83. The fourth-order valence-electron chi connectivity index (χ4n) is 1.99. The van der Waals surface area contributed by atoms with Crippen molar-refractivity contribution in [2.45, 2.75) is 6.42 Å². The van der Waals surface area contributed by atoms with E-state index in [1.807, 2.05) is 0 Å². The Labute approximate surface area is 140 Å². The molecule has 4 nitrogen and oxygen atoms in total. The summed E-state index contributed by atoms with van der Waals surface area (Å²) >= 11 is 1.23. The number of benzene rings is 1. The minimum Gasteiger partial charge on any atom is -0.465 e. The van der Waals surface area contributed by atoms with Crippen molar-refractivity contribution < 1.29 is 18.0 Å². The summed E-state index contributed by atoms with van der Waals surface area (Å²) < 4.78 is 31.6. The number of rotatable bonds is 5. The lowest BCUT2D eigenvalue weighted by atomic mass is 10.1. The number of carbonyl (C=O) groups excluding carboxylic acids is 1. The molecule has 0 saturated heterocycles. The molecule has 3 rings (SSSR count). The molecule has 24 heavy (non-hydrogen) atoms. The lowest BCUT2D eigenvalue weighted by Crippen LogP contribution is -2.06. The monoisotopic (exact) mass is 346 g/mol. The van der Waals surface area contributed by atoms with Crippen LogP contribution in [-0.4, -0.2) is 10.9 Å². The number of anilines is 1. The number of hydrogen-bond donors (Lipinski definition) is 1. The Bertz CT molecular complexity index is 873. The molecular weight excluding hydrogens is 334 g/mol. The van der Waals surface area contributed by atoms with E-state index >= 15 is 0 Å². The van der Waals surface area contributed by atoms with Gasteiger partial charge in [-0.3, -0.25) is 10.1 Å². The average Bonchev–Trinajstić information content (AvgIpc) is 3.20. The number of carbonyl (C=O) groups is 1. The van der Waals surface area contributed by atoms with Gasteiger partial charge in [0.25, 0.3) is 0 Å². The van der Waals surface area contributed by atoms with E-state index in [2.05, 4.69) is 10.3 Å². The Morgan fingerprint density at radius 1 is 1.33 bits per heavy atom. The SMILES string of the molecule is O=C(/C=C/c1ccco1)Nc1ncc(Cc2ccc(F)cc2F)s1. The normalized spacial score (nSPS) is 11.1. The third-order valence-electron chi connectivity index (χ3n) is 3.11. The second-order valence-electron chi connectivity index (χ2n) is 4.88. The molecule has 122 valence electrons. The smallest absolute Gasteiger partial charge is 0.250 e. The molecule has 0 spiro atoms. The summed E-state index contributed by atoms with van der Waals surface area (Å²) in [6.07, 6.45) is 6.22. The Morgan fingerprint density at radius 2 is 2.21 bits per heavy atom. The van der Waals surface area contributed by atoms with Crippen molar-refractivity contribution in [2.75, 3.05) is 5.32 Å². The van der Waals surface area contributed by atoms with Gasteiger partial charge in [-0.15, -0.1) is 11.3 Å². The lowest BCUT2D eigenvalue weighted by Gasteiger charge is -2.00. The first kappa shape index (κ1) is 16.1. The molecule has 0 unspecified atom stereocenters. The Balaban J connectivity index is 1.62. The van der Waals surface area contributed by atoms with Gasteiger partial charge < -0.3 is 4.42 Å². The second-order valence-corrected chi connectivity index (χ2v) is 6.00. The molecule has 0 atom stereocenters. The number of nitrogens with one attached hydrogen (secondary N) is 1. The van der Waals surface area contributed by atoms with Gasteiger partial charge in [-0.25, -0.2) is 13.8 Å². The largest absolute Gasteiger partial charge is 0.465 e. The Morgan fingerprint density at radius 3 is 2.96 bits per heavy atom. The molecule has 1 amide bonds. The van der Waals surface area contributed by atoms with Crippen molar-refractivity contribution in [1.82, 2.24) is 4.98 Å². The number of halogens is 2. The molecule has 0 aliphatic rings.